The van der Waals surface area contributed by atoms with Gasteiger partial charge in [0.05, 0.1) is 12.5 Å². The largest absolute Gasteiger partial charge is 0.395 e. The van der Waals surface area contributed by atoms with Crippen LogP contribution in [-0.4, -0.2) is 47.2 Å². The maximum Gasteiger partial charge on any atom is 0.227 e. The first-order valence-corrected chi connectivity index (χ1v) is 7.38. The minimum Gasteiger partial charge on any atom is -0.395 e. The molecule has 0 spiro atoms. The molecule has 2 bridgehead atoms. The number of rotatable bonds is 6. The normalized spacial score (nSPS) is 30.1. The third-order valence-electron chi connectivity index (χ3n) is 4.62. The van der Waals surface area contributed by atoms with E-state index in [2.05, 4.69) is 19.2 Å². The molecule has 104 valence electrons. The van der Waals surface area contributed by atoms with Gasteiger partial charge in [-0.15, -0.1) is 0 Å². The van der Waals surface area contributed by atoms with Crippen molar-refractivity contribution in [3.05, 3.63) is 0 Å². The molecule has 2 N–H and O–H groups in total. The van der Waals surface area contributed by atoms with Crippen LogP contribution in [0.3, 0.4) is 0 Å². The molecule has 3 atom stereocenters. The second-order valence-electron chi connectivity index (χ2n) is 5.62. The Labute approximate surface area is 110 Å². The second kappa shape index (κ2) is 6.02. The van der Waals surface area contributed by atoms with Gasteiger partial charge in [-0.1, -0.05) is 13.8 Å². The number of carbonyl (C=O) groups excluding carboxylic acids is 1. The summed E-state index contributed by atoms with van der Waals surface area (Å²) in [7, 11) is 0. The summed E-state index contributed by atoms with van der Waals surface area (Å²) in [5.41, 5.74) is 0. The summed E-state index contributed by atoms with van der Waals surface area (Å²) < 4.78 is 0. The first-order chi connectivity index (χ1) is 8.71. The average molecular weight is 254 g/mol. The van der Waals surface area contributed by atoms with Crippen LogP contribution < -0.4 is 5.32 Å². The molecule has 2 fully saturated rings. The summed E-state index contributed by atoms with van der Waals surface area (Å²) >= 11 is 0. The minimum atomic E-state index is 0.0660. The molecule has 2 aliphatic heterocycles. The summed E-state index contributed by atoms with van der Waals surface area (Å²) in [6.45, 7) is 4.78. The van der Waals surface area contributed by atoms with E-state index in [1.165, 1.54) is 6.42 Å². The van der Waals surface area contributed by atoms with Crippen LogP contribution in [0.25, 0.3) is 0 Å². The SMILES string of the molecule is CCC(CC)N(CCO)C(=O)C1CC2CCC1N2. The van der Waals surface area contributed by atoms with E-state index < -0.39 is 0 Å². The van der Waals surface area contributed by atoms with Gasteiger partial charge in [0.15, 0.2) is 0 Å². The number of amides is 1. The molecular weight excluding hydrogens is 228 g/mol. The number of carbonyl (C=O) groups is 1. The zero-order chi connectivity index (χ0) is 13.1. The quantitative estimate of drug-likeness (QED) is 0.747. The molecule has 2 rings (SSSR count). The number of aliphatic hydroxyl groups excluding tert-OH is 1. The molecule has 1 amide bonds. The van der Waals surface area contributed by atoms with E-state index in [0.717, 1.165) is 25.7 Å². The van der Waals surface area contributed by atoms with Gasteiger partial charge >= 0.3 is 0 Å². The van der Waals surface area contributed by atoms with Gasteiger partial charge in [0.1, 0.15) is 0 Å². The third-order valence-corrected chi connectivity index (χ3v) is 4.62. The monoisotopic (exact) mass is 254 g/mol. The molecule has 2 heterocycles. The second-order valence-corrected chi connectivity index (χ2v) is 5.62. The Morgan fingerprint density at radius 3 is 2.56 bits per heavy atom. The predicted molar refractivity (Wildman–Crippen MR) is 71.2 cm³/mol. The molecule has 18 heavy (non-hydrogen) atoms. The zero-order valence-electron chi connectivity index (χ0n) is 11.6. The standard InChI is InChI=1S/C14H26N2O2/c1-3-11(4-2)16(7-8-17)14(18)12-9-10-5-6-13(12)15-10/h10-13,15,17H,3-9H2,1-2H3. The van der Waals surface area contributed by atoms with Gasteiger partial charge < -0.3 is 15.3 Å². The lowest BCUT2D eigenvalue weighted by molar-refractivity contribution is -0.139. The summed E-state index contributed by atoms with van der Waals surface area (Å²) in [6.07, 6.45) is 5.29. The van der Waals surface area contributed by atoms with Crippen LogP contribution in [0.1, 0.15) is 46.0 Å². The van der Waals surface area contributed by atoms with Crippen LogP contribution in [0.15, 0.2) is 0 Å². The molecular formula is C14H26N2O2. The molecule has 0 aromatic carbocycles. The third kappa shape index (κ3) is 2.54. The van der Waals surface area contributed by atoms with Crippen LogP contribution in [0, 0.1) is 5.92 Å². The molecule has 0 aliphatic carbocycles. The van der Waals surface area contributed by atoms with E-state index in [0.29, 0.717) is 18.6 Å². The number of hydrogen-bond acceptors (Lipinski definition) is 3. The van der Waals surface area contributed by atoms with Gasteiger partial charge in [-0.2, -0.15) is 0 Å². The molecule has 0 saturated carbocycles. The van der Waals surface area contributed by atoms with Crippen molar-refractivity contribution in [2.24, 2.45) is 5.92 Å². The number of fused-ring (bicyclic) bond motifs is 2. The van der Waals surface area contributed by atoms with Crippen molar-refractivity contribution >= 4 is 5.91 Å². The van der Waals surface area contributed by atoms with Crippen LogP contribution in [-0.2, 0) is 4.79 Å². The number of nitrogens with one attached hydrogen (secondary N) is 1. The summed E-state index contributed by atoms with van der Waals surface area (Å²) in [5, 5.41) is 12.7. The summed E-state index contributed by atoms with van der Waals surface area (Å²) in [5.74, 6) is 0.411. The Morgan fingerprint density at radius 2 is 2.11 bits per heavy atom. The highest BCUT2D eigenvalue weighted by molar-refractivity contribution is 5.80. The maximum absolute atomic E-state index is 12.7. The van der Waals surface area contributed by atoms with Gasteiger partial charge in [-0.25, -0.2) is 0 Å². The number of aliphatic hydroxyl groups is 1. The smallest absolute Gasteiger partial charge is 0.227 e. The fraction of sp³-hybridized carbons (Fsp3) is 0.929. The lowest BCUT2D eigenvalue weighted by Gasteiger charge is -2.34. The van der Waals surface area contributed by atoms with Gasteiger partial charge in [0.25, 0.3) is 0 Å². The first-order valence-electron chi connectivity index (χ1n) is 7.38. The number of hydrogen-bond donors (Lipinski definition) is 2. The molecule has 0 aromatic heterocycles. The van der Waals surface area contributed by atoms with Crippen LogP contribution >= 0.6 is 0 Å². The van der Waals surface area contributed by atoms with Crippen molar-refractivity contribution in [3.63, 3.8) is 0 Å². The molecule has 2 aliphatic rings. The van der Waals surface area contributed by atoms with Crippen molar-refractivity contribution in [3.8, 4) is 0 Å². The van der Waals surface area contributed by atoms with Crippen molar-refractivity contribution < 1.29 is 9.90 Å². The molecule has 2 saturated heterocycles. The van der Waals surface area contributed by atoms with E-state index in [4.69, 9.17) is 0 Å². The van der Waals surface area contributed by atoms with Gasteiger partial charge in [0, 0.05) is 24.7 Å². The topological polar surface area (TPSA) is 52.6 Å². The van der Waals surface area contributed by atoms with Crippen molar-refractivity contribution in [1.29, 1.82) is 0 Å². The molecule has 0 radical (unpaired) electrons. The predicted octanol–water partition coefficient (Wildman–Crippen LogP) is 1.14. The Morgan fingerprint density at radius 1 is 1.39 bits per heavy atom. The fourth-order valence-electron chi connectivity index (χ4n) is 3.62. The Kier molecular flexibility index (Phi) is 4.62. The van der Waals surface area contributed by atoms with Crippen molar-refractivity contribution in [2.45, 2.75) is 64.1 Å². The highest BCUT2D eigenvalue weighted by atomic mass is 16.3. The van der Waals surface area contributed by atoms with Gasteiger partial charge in [0.2, 0.25) is 5.91 Å². The van der Waals surface area contributed by atoms with Gasteiger partial charge in [-0.05, 0) is 32.1 Å². The average Bonchev–Trinajstić information content (AvgIpc) is 3.00. The Hall–Kier alpha value is -0.610. The zero-order valence-corrected chi connectivity index (χ0v) is 11.6. The molecule has 0 aromatic rings. The lowest BCUT2D eigenvalue weighted by atomic mass is 9.87. The van der Waals surface area contributed by atoms with Crippen LogP contribution in [0.4, 0.5) is 0 Å². The van der Waals surface area contributed by atoms with E-state index in [-0.39, 0.29) is 24.5 Å². The fourth-order valence-corrected chi connectivity index (χ4v) is 3.62. The Bertz CT molecular complexity index is 292. The molecule has 3 unspecified atom stereocenters. The highest BCUT2D eigenvalue weighted by Gasteiger charge is 2.44. The van der Waals surface area contributed by atoms with E-state index in [1.54, 1.807) is 0 Å². The van der Waals surface area contributed by atoms with E-state index in [9.17, 15) is 9.90 Å². The van der Waals surface area contributed by atoms with E-state index in [1.807, 2.05) is 4.90 Å². The molecule has 4 nitrogen and oxygen atoms in total. The summed E-state index contributed by atoms with van der Waals surface area (Å²) in [6, 6.07) is 1.23. The minimum absolute atomic E-state index is 0.0660. The van der Waals surface area contributed by atoms with Crippen molar-refractivity contribution in [1.82, 2.24) is 10.2 Å². The lowest BCUT2D eigenvalue weighted by Crippen LogP contribution is -2.47. The van der Waals surface area contributed by atoms with Crippen LogP contribution in [0.5, 0.6) is 0 Å². The first kappa shape index (κ1) is 13.8. The maximum atomic E-state index is 12.7. The highest BCUT2D eigenvalue weighted by Crippen LogP contribution is 2.34. The number of nitrogens with zero attached hydrogens (tertiary/aromatic N) is 1. The van der Waals surface area contributed by atoms with Crippen LogP contribution in [0.2, 0.25) is 0 Å². The Balaban J connectivity index is 2.03. The van der Waals surface area contributed by atoms with Crippen molar-refractivity contribution in [2.75, 3.05) is 13.2 Å². The molecule has 4 heteroatoms. The summed E-state index contributed by atoms with van der Waals surface area (Å²) in [4.78, 5) is 14.6. The van der Waals surface area contributed by atoms with E-state index >= 15 is 0 Å². The van der Waals surface area contributed by atoms with Gasteiger partial charge in [-0.3, -0.25) is 4.79 Å².